The van der Waals surface area contributed by atoms with Gasteiger partial charge in [-0.15, -0.1) is 0 Å². The van der Waals surface area contributed by atoms with Gasteiger partial charge in [0, 0.05) is 36.3 Å². The molecule has 0 aliphatic heterocycles. The van der Waals surface area contributed by atoms with Crippen molar-refractivity contribution in [1.29, 1.82) is 0 Å². The molecule has 0 heterocycles. The fourth-order valence-electron chi connectivity index (χ4n) is 2.51. The van der Waals surface area contributed by atoms with Crippen molar-refractivity contribution in [2.24, 2.45) is 0 Å². The monoisotopic (exact) mass is 410 g/mol. The molecule has 0 atom stereocenters. The molecule has 2 aromatic carbocycles. The van der Waals surface area contributed by atoms with Gasteiger partial charge in [-0.05, 0) is 56.3 Å². The number of halogens is 1. The molecule has 1 amide bonds. The van der Waals surface area contributed by atoms with Crippen LogP contribution in [0.3, 0.4) is 0 Å². The van der Waals surface area contributed by atoms with E-state index in [9.17, 15) is 13.2 Å². The predicted octanol–water partition coefficient (Wildman–Crippen LogP) is 3.31. The first kappa shape index (κ1) is 21.2. The maximum Gasteiger partial charge on any atom is 0.251 e. The van der Waals surface area contributed by atoms with Crippen LogP contribution < -0.4 is 10.1 Å². The second-order valence-electron chi connectivity index (χ2n) is 5.83. The van der Waals surface area contributed by atoms with Crippen LogP contribution in [0.15, 0.2) is 47.4 Å². The van der Waals surface area contributed by atoms with Crippen LogP contribution in [0.1, 0.15) is 29.8 Å². The second kappa shape index (κ2) is 9.21. The van der Waals surface area contributed by atoms with Crippen molar-refractivity contribution in [2.75, 3.05) is 20.2 Å². The molecule has 27 heavy (non-hydrogen) atoms. The Morgan fingerprint density at radius 1 is 1.15 bits per heavy atom. The highest BCUT2D eigenvalue weighted by Gasteiger charge is 2.22. The lowest BCUT2D eigenvalue weighted by Gasteiger charge is -2.20. The summed E-state index contributed by atoms with van der Waals surface area (Å²) >= 11 is 5.84. The lowest BCUT2D eigenvalue weighted by atomic mass is 10.1. The van der Waals surface area contributed by atoms with E-state index in [-0.39, 0.29) is 17.3 Å². The average molecular weight is 411 g/mol. The molecule has 2 aromatic rings. The van der Waals surface area contributed by atoms with Gasteiger partial charge in [0.2, 0.25) is 10.0 Å². The van der Waals surface area contributed by atoms with Crippen molar-refractivity contribution < 1.29 is 17.9 Å². The maximum atomic E-state index is 12.8. The van der Waals surface area contributed by atoms with E-state index in [1.807, 2.05) is 13.8 Å². The summed E-state index contributed by atoms with van der Waals surface area (Å²) < 4.78 is 32.4. The van der Waals surface area contributed by atoms with E-state index in [0.29, 0.717) is 35.1 Å². The van der Waals surface area contributed by atoms with Crippen LogP contribution >= 0.6 is 11.6 Å². The first-order valence-corrected chi connectivity index (χ1v) is 10.4. The minimum Gasteiger partial charge on any atom is -0.494 e. The van der Waals surface area contributed by atoms with E-state index in [1.54, 1.807) is 18.2 Å². The summed E-state index contributed by atoms with van der Waals surface area (Å²) in [5.74, 6) is 0.328. The minimum atomic E-state index is -3.71. The van der Waals surface area contributed by atoms with Gasteiger partial charge in [-0.1, -0.05) is 11.6 Å². The lowest BCUT2D eigenvalue weighted by molar-refractivity contribution is 0.0955. The summed E-state index contributed by atoms with van der Waals surface area (Å²) in [6.07, 6.45) is 0. The van der Waals surface area contributed by atoms with Crippen LogP contribution in [0.5, 0.6) is 5.75 Å². The molecular weight excluding hydrogens is 388 g/mol. The zero-order chi connectivity index (χ0) is 20.0. The average Bonchev–Trinajstić information content (AvgIpc) is 2.63. The lowest BCUT2D eigenvalue weighted by Crippen LogP contribution is -2.27. The maximum absolute atomic E-state index is 12.8. The Morgan fingerprint density at radius 2 is 1.81 bits per heavy atom. The van der Waals surface area contributed by atoms with Gasteiger partial charge in [0.1, 0.15) is 5.75 Å². The number of amides is 1. The Labute approximate surface area is 165 Å². The normalized spacial score (nSPS) is 11.4. The summed E-state index contributed by atoms with van der Waals surface area (Å²) in [7, 11) is -2.23. The van der Waals surface area contributed by atoms with Crippen LogP contribution in [0.2, 0.25) is 5.02 Å². The Hall–Kier alpha value is -2.09. The third-order valence-corrected chi connectivity index (χ3v) is 5.94. The number of hydrogen-bond donors (Lipinski definition) is 1. The zero-order valence-electron chi connectivity index (χ0n) is 15.5. The van der Waals surface area contributed by atoms with E-state index in [0.717, 1.165) is 0 Å². The molecule has 1 N–H and O–H groups in total. The van der Waals surface area contributed by atoms with Crippen molar-refractivity contribution in [3.8, 4) is 5.75 Å². The number of sulfonamides is 1. The van der Waals surface area contributed by atoms with Crippen LogP contribution in [-0.2, 0) is 16.6 Å². The highest BCUT2D eigenvalue weighted by Crippen LogP contribution is 2.25. The molecule has 146 valence electrons. The van der Waals surface area contributed by atoms with Gasteiger partial charge in [0.25, 0.3) is 5.91 Å². The Balaban J connectivity index is 2.34. The minimum absolute atomic E-state index is 0.0630. The van der Waals surface area contributed by atoms with Crippen molar-refractivity contribution in [3.05, 3.63) is 58.6 Å². The summed E-state index contributed by atoms with van der Waals surface area (Å²) in [5, 5.41) is 3.19. The third kappa shape index (κ3) is 5.22. The SMILES string of the molecule is CCNC(=O)c1ccc(OCC)c(CN(C)S(=O)(=O)c2ccc(Cl)cc2)c1. The van der Waals surface area contributed by atoms with Crippen LogP contribution in [0.25, 0.3) is 0 Å². The number of carbonyl (C=O) groups is 1. The van der Waals surface area contributed by atoms with Crippen LogP contribution in [0, 0.1) is 0 Å². The van der Waals surface area contributed by atoms with E-state index < -0.39 is 10.0 Å². The standard InChI is InChI=1S/C19H23ClN2O4S/c1-4-21-19(23)14-6-11-18(26-5-2)15(12-14)13-22(3)27(24,25)17-9-7-16(20)8-10-17/h6-12H,4-5,13H2,1-3H3,(H,21,23). The summed E-state index contributed by atoms with van der Waals surface area (Å²) in [6, 6.07) is 11.0. The topological polar surface area (TPSA) is 75.7 Å². The molecule has 0 bridgehead atoms. The molecular formula is C19H23ClN2O4S. The molecule has 2 rings (SSSR count). The molecule has 0 radical (unpaired) electrons. The predicted molar refractivity (Wildman–Crippen MR) is 106 cm³/mol. The van der Waals surface area contributed by atoms with Gasteiger partial charge in [-0.25, -0.2) is 8.42 Å². The van der Waals surface area contributed by atoms with Gasteiger partial charge >= 0.3 is 0 Å². The number of rotatable bonds is 8. The smallest absolute Gasteiger partial charge is 0.251 e. The fourth-order valence-corrected chi connectivity index (χ4v) is 3.79. The second-order valence-corrected chi connectivity index (χ2v) is 8.31. The van der Waals surface area contributed by atoms with E-state index in [2.05, 4.69) is 5.32 Å². The molecule has 0 aromatic heterocycles. The van der Waals surface area contributed by atoms with Gasteiger partial charge in [-0.2, -0.15) is 4.31 Å². The largest absolute Gasteiger partial charge is 0.494 e. The molecule has 0 saturated carbocycles. The van der Waals surface area contributed by atoms with E-state index in [4.69, 9.17) is 16.3 Å². The van der Waals surface area contributed by atoms with Crippen molar-refractivity contribution in [3.63, 3.8) is 0 Å². The van der Waals surface area contributed by atoms with Gasteiger partial charge in [-0.3, -0.25) is 4.79 Å². The van der Waals surface area contributed by atoms with Crippen LogP contribution in [-0.4, -0.2) is 38.8 Å². The Bertz CT molecular complexity index is 898. The molecule has 0 unspecified atom stereocenters. The first-order valence-electron chi connectivity index (χ1n) is 8.55. The van der Waals surface area contributed by atoms with Gasteiger partial charge in [0.05, 0.1) is 11.5 Å². The molecule has 0 aliphatic rings. The molecule has 0 spiro atoms. The summed E-state index contributed by atoms with van der Waals surface area (Å²) in [5.41, 5.74) is 1.06. The number of benzene rings is 2. The number of nitrogens with one attached hydrogen (secondary N) is 1. The van der Waals surface area contributed by atoms with Crippen molar-refractivity contribution in [2.45, 2.75) is 25.3 Å². The number of ether oxygens (including phenoxy) is 1. The van der Waals surface area contributed by atoms with Crippen LogP contribution in [0.4, 0.5) is 0 Å². The number of carbonyl (C=O) groups excluding carboxylic acids is 1. The highest BCUT2D eigenvalue weighted by atomic mass is 35.5. The Kier molecular flexibility index (Phi) is 7.24. The van der Waals surface area contributed by atoms with Crippen molar-refractivity contribution >= 4 is 27.5 Å². The van der Waals surface area contributed by atoms with Crippen molar-refractivity contribution in [1.82, 2.24) is 9.62 Å². The fraction of sp³-hybridized carbons (Fsp3) is 0.316. The Morgan fingerprint density at radius 3 is 2.41 bits per heavy atom. The highest BCUT2D eigenvalue weighted by molar-refractivity contribution is 7.89. The van der Waals surface area contributed by atoms with E-state index in [1.165, 1.54) is 35.6 Å². The van der Waals surface area contributed by atoms with Gasteiger partial charge in [0.15, 0.2) is 0 Å². The third-order valence-electron chi connectivity index (χ3n) is 3.87. The molecule has 6 nitrogen and oxygen atoms in total. The number of hydrogen-bond acceptors (Lipinski definition) is 4. The molecule has 0 saturated heterocycles. The zero-order valence-corrected chi connectivity index (χ0v) is 17.1. The van der Waals surface area contributed by atoms with E-state index >= 15 is 0 Å². The molecule has 8 heteroatoms. The molecule has 0 fully saturated rings. The van der Waals surface area contributed by atoms with Gasteiger partial charge < -0.3 is 10.1 Å². The molecule has 0 aliphatic carbocycles. The quantitative estimate of drug-likeness (QED) is 0.724. The summed E-state index contributed by atoms with van der Waals surface area (Å²) in [6.45, 7) is 4.68. The first-order chi connectivity index (χ1) is 12.8. The number of nitrogens with zero attached hydrogens (tertiary/aromatic N) is 1. The summed E-state index contributed by atoms with van der Waals surface area (Å²) in [4.78, 5) is 12.3.